The Balaban J connectivity index is 1.71. The van der Waals surface area contributed by atoms with Crippen molar-refractivity contribution >= 4 is 11.8 Å². The van der Waals surface area contributed by atoms with Crippen molar-refractivity contribution in [1.82, 2.24) is 10.2 Å². The molecule has 0 aromatic heterocycles. The van der Waals surface area contributed by atoms with Crippen LogP contribution in [0.1, 0.15) is 50.2 Å². The van der Waals surface area contributed by atoms with Gasteiger partial charge in [-0.1, -0.05) is 61.2 Å². The molecule has 1 fully saturated rings. The fourth-order valence-corrected chi connectivity index (χ4v) is 4.00. The van der Waals surface area contributed by atoms with Crippen molar-refractivity contribution in [3.05, 3.63) is 59.7 Å². The molecule has 2 aromatic rings. The monoisotopic (exact) mass is 438 g/mol. The number of carbonyl (C=O) groups is 2. The maximum absolute atomic E-state index is 13.2. The van der Waals surface area contributed by atoms with E-state index in [9.17, 15) is 9.59 Å². The molecule has 0 spiro atoms. The molecular weight excluding hydrogens is 404 g/mol. The van der Waals surface area contributed by atoms with E-state index in [1.807, 2.05) is 43.3 Å². The minimum Gasteiger partial charge on any atom is -0.493 e. The molecule has 3 rings (SSSR count). The molecule has 0 radical (unpaired) electrons. The van der Waals surface area contributed by atoms with Crippen molar-refractivity contribution in [2.24, 2.45) is 0 Å². The molecule has 2 aromatic carbocycles. The van der Waals surface area contributed by atoms with Crippen LogP contribution in [0.2, 0.25) is 0 Å². The number of rotatable bonds is 9. The number of methoxy groups -OCH3 is 1. The smallest absolute Gasteiger partial charge is 0.261 e. The van der Waals surface area contributed by atoms with E-state index in [0.717, 1.165) is 36.8 Å². The van der Waals surface area contributed by atoms with Crippen LogP contribution in [0.3, 0.4) is 0 Å². The van der Waals surface area contributed by atoms with Crippen LogP contribution >= 0.6 is 0 Å². The number of amides is 2. The molecule has 1 aliphatic carbocycles. The van der Waals surface area contributed by atoms with Gasteiger partial charge in [-0.2, -0.15) is 0 Å². The molecule has 32 heavy (non-hydrogen) atoms. The van der Waals surface area contributed by atoms with Gasteiger partial charge in [0.1, 0.15) is 6.04 Å². The lowest BCUT2D eigenvalue weighted by Crippen LogP contribution is -2.51. The molecular formula is C26H34N2O4. The molecule has 0 unspecified atom stereocenters. The van der Waals surface area contributed by atoms with Crippen LogP contribution in [-0.4, -0.2) is 42.5 Å². The van der Waals surface area contributed by atoms with E-state index in [0.29, 0.717) is 18.0 Å². The first kappa shape index (κ1) is 23.6. The number of hydrogen-bond donors (Lipinski definition) is 1. The largest absolute Gasteiger partial charge is 0.493 e. The highest BCUT2D eigenvalue weighted by atomic mass is 16.5. The normalized spacial score (nSPS) is 15.0. The molecule has 1 N–H and O–H groups in total. The summed E-state index contributed by atoms with van der Waals surface area (Å²) in [6, 6.07) is 14.8. The standard InChI is InChI=1S/C26H34N2O4/c1-19-13-15-21(16-14-19)17-28(20(2)26(30)27-22-9-5-4-6-10-22)25(29)18-32-24-12-8-7-11-23(24)31-3/h7-8,11-16,20,22H,4-6,9-10,17-18H2,1-3H3,(H,27,30)/t20-/m0/s1. The first-order valence-corrected chi connectivity index (χ1v) is 11.4. The second kappa shape index (κ2) is 11.6. The first-order chi connectivity index (χ1) is 15.5. The quantitative estimate of drug-likeness (QED) is 0.636. The Morgan fingerprint density at radius 3 is 2.34 bits per heavy atom. The molecule has 2 amide bonds. The number of aryl methyl sites for hydroxylation is 1. The van der Waals surface area contributed by atoms with Crippen molar-refractivity contribution in [1.29, 1.82) is 0 Å². The fourth-order valence-electron chi connectivity index (χ4n) is 4.00. The van der Waals surface area contributed by atoms with E-state index in [-0.39, 0.29) is 24.5 Å². The van der Waals surface area contributed by atoms with Gasteiger partial charge < -0.3 is 19.7 Å². The van der Waals surface area contributed by atoms with Gasteiger partial charge in [0.05, 0.1) is 7.11 Å². The third-order valence-corrected chi connectivity index (χ3v) is 6.01. The van der Waals surface area contributed by atoms with E-state index in [1.54, 1.807) is 31.1 Å². The lowest BCUT2D eigenvalue weighted by molar-refractivity contribution is -0.142. The zero-order valence-electron chi connectivity index (χ0n) is 19.3. The molecule has 0 bridgehead atoms. The molecule has 6 nitrogen and oxygen atoms in total. The molecule has 1 atom stereocenters. The Hall–Kier alpha value is -3.02. The van der Waals surface area contributed by atoms with Gasteiger partial charge in [-0.15, -0.1) is 0 Å². The van der Waals surface area contributed by atoms with Crippen molar-refractivity contribution in [3.63, 3.8) is 0 Å². The van der Waals surface area contributed by atoms with Crippen LogP contribution in [0, 0.1) is 6.92 Å². The number of carbonyl (C=O) groups excluding carboxylic acids is 2. The third-order valence-electron chi connectivity index (χ3n) is 6.01. The van der Waals surface area contributed by atoms with Gasteiger partial charge in [-0.3, -0.25) is 9.59 Å². The van der Waals surface area contributed by atoms with E-state index < -0.39 is 6.04 Å². The molecule has 1 aliphatic rings. The summed E-state index contributed by atoms with van der Waals surface area (Å²) < 4.78 is 11.1. The maximum Gasteiger partial charge on any atom is 0.261 e. The Kier molecular flexibility index (Phi) is 8.54. The van der Waals surface area contributed by atoms with Gasteiger partial charge in [-0.25, -0.2) is 0 Å². The highest BCUT2D eigenvalue weighted by Crippen LogP contribution is 2.26. The SMILES string of the molecule is COc1ccccc1OCC(=O)N(Cc1ccc(C)cc1)[C@@H](C)C(=O)NC1CCCCC1. The number of benzene rings is 2. The summed E-state index contributed by atoms with van der Waals surface area (Å²) in [5.41, 5.74) is 2.12. The summed E-state index contributed by atoms with van der Waals surface area (Å²) in [5.74, 6) is 0.698. The molecule has 0 aliphatic heterocycles. The first-order valence-electron chi connectivity index (χ1n) is 11.4. The lowest BCUT2D eigenvalue weighted by atomic mass is 9.95. The zero-order chi connectivity index (χ0) is 22.9. The van der Waals surface area contributed by atoms with Crippen molar-refractivity contribution < 1.29 is 19.1 Å². The number of para-hydroxylation sites is 2. The molecule has 1 saturated carbocycles. The summed E-state index contributed by atoms with van der Waals surface area (Å²) in [4.78, 5) is 27.8. The molecule has 0 saturated heterocycles. The lowest BCUT2D eigenvalue weighted by Gasteiger charge is -2.31. The van der Waals surface area contributed by atoms with Crippen molar-refractivity contribution in [2.45, 2.75) is 64.6 Å². The predicted molar refractivity (Wildman–Crippen MR) is 125 cm³/mol. The number of nitrogens with zero attached hydrogens (tertiary/aromatic N) is 1. The number of ether oxygens (including phenoxy) is 2. The second-order valence-electron chi connectivity index (χ2n) is 8.47. The van der Waals surface area contributed by atoms with Gasteiger partial charge in [0.15, 0.2) is 18.1 Å². The molecule has 0 heterocycles. The van der Waals surface area contributed by atoms with Crippen LogP contribution in [0.5, 0.6) is 11.5 Å². The number of nitrogens with one attached hydrogen (secondary N) is 1. The average Bonchev–Trinajstić information content (AvgIpc) is 2.82. The van der Waals surface area contributed by atoms with Gasteiger partial charge in [0.2, 0.25) is 5.91 Å². The summed E-state index contributed by atoms with van der Waals surface area (Å²) in [6.07, 6.45) is 5.50. The van der Waals surface area contributed by atoms with E-state index >= 15 is 0 Å². The fraction of sp³-hybridized carbons (Fsp3) is 0.462. The van der Waals surface area contributed by atoms with Crippen molar-refractivity contribution in [3.8, 4) is 11.5 Å². The number of hydrogen-bond acceptors (Lipinski definition) is 4. The summed E-state index contributed by atoms with van der Waals surface area (Å²) in [7, 11) is 1.56. The molecule has 172 valence electrons. The van der Waals surface area contributed by atoms with Crippen LogP contribution in [0.25, 0.3) is 0 Å². The Morgan fingerprint density at radius 1 is 1.03 bits per heavy atom. The Morgan fingerprint density at radius 2 is 1.69 bits per heavy atom. The Labute approximate surface area is 190 Å². The van der Waals surface area contributed by atoms with Gasteiger partial charge in [-0.05, 0) is 44.4 Å². The molecule has 6 heteroatoms. The summed E-state index contributed by atoms with van der Waals surface area (Å²) in [6.45, 7) is 3.97. The summed E-state index contributed by atoms with van der Waals surface area (Å²) in [5, 5.41) is 3.15. The predicted octanol–water partition coefficient (Wildman–Crippen LogP) is 4.25. The van der Waals surface area contributed by atoms with Crippen LogP contribution in [0.4, 0.5) is 0 Å². The van der Waals surface area contributed by atoms with Crippen LogP contribution < -0.4 is 14.8 Å². The van der Waals surface area contributed by atoms with Gasteiger partial charge >= 0.3 is 0 Å². The van der Waals surface area contributed by atoms with E-state index in [2.05, 4.69) is 5.32 Å². The van der Waals surface area contributed by atoms with Crippen LogP contribution in [-0.2, 0) is 16.1 Å². The van der Waals surface area contributed by atoms with E-state index in [1.165, 1.54) is 6.42 Å². The second-order valence-corrected chi connectivity index (χ2v) is 8.47. The minimum absolute atomic E-state index is 0.116. The summed E-state index contributed by atoms with van der Waals surface area (Å²) >= 11 is 0. The zero-order valence-corrected chi connectivity index (χ0v) is 19.3. The Bertz CT molecular complexity index is 891. The maximum atomic E-state index is 13.2. The average molecular weight is 439 g/mol. The third kappa shape index (κ3) is 6.49. The van der Waals surface area contributed by atoms with Gasteiger partial charge in [0, 0.05) is 12.6 Å². The van der Waals surface area contributed by atoms with Crippen LogP contribution in [0.15, 0.2) is 48.5 Å². The minimum atomic E-state index is -0.605. The van der Waals surface area contributed by atoms with E-state index in [4.69, 9.17) is 9.47 Å². The highest BCUT2D eigenvalue weighted by Gasteiger charge is 2.28. The van der Waals surface area contributed by atoms with Gasteiger partial charge in [0.25, 0.3) is 5.91 Å². The topological polar surface area (TPSA) is 67.9 Å². The van der Waals surface area contributed by atoms with Crippen molar-refractivity contribution in [2.75, 3.05) is 13.7 Å². The highest BCUT2D eigenvalue weighted by molar-refractivity contribution is 5.88.